The second-order valence-electron chi connectivity index (χ2n) is 7.14. The molecule has 5 nitrogen and oxygen atoms in total. The summed E-state index contributed by atoms with van der Waals surface area (Å²) in [5.74, 6) is 1.20. The maximum absolute atomic E-state index is 12.7. The van der Waals surface area contributed by atoms with Crippen LogP contribution < -0.4 is 5.32 Å². The zero-order chi connectivity index (χ0) is 17.1. The maximum atomic E-state index is 12.7. The first kappa shape index (κ1) is 16.7. The zero-order valence-electron chi connectivity index (χ0n) is 14.3. The standard InChI is InChI=1S/C19H24N4OS/c24-18(16-5-1-2-8-20-16)22-17(19-21-9-11-25-19)15-4-3-10-23(13-15)12-14-6-7-14/h1-2,5,8-9,11,14-15,17H,3-4,6-7,10,12-13H2,(H,22,24)/t15-,17+/m0/s1. The molecule has 4 rings (SSSR count). The van der Waals surface area contributed by atoms with Crippen LogP contribution in [0, 0.1) is 11.8 Å². The highest BCUT2D eigenvalue weighted by Crippen LogP contribution is 2.34. The Kier molecular flexibility index (Phi) is 5.08. The number of hydrogen-bond donors (Lipinski definition) is 1. The number of pyridine rings is 1. The third kappa shape index (κ3) is 4.25. The Hall–Kier alpha value is -1.79. The SMILES string of the molecule is O=C(N[C@@H](c1nccs1)[C@H]1CCCN(CC2CC2)C1)c1ccccn1. The molecule has 1 N–H and O–H groups in total. The van der Waals surface area contributed by atoms with Crippen LogP contribution in [0.1, 0.15) is 47.2 Å². The van der Waals surface area contributed by atoms with Gasteiger partial charge in [-0.2, -0.15) is 0 Å². The van der Waals surface area contributed by atoms with Crippen molar-refractivity contribution in [1.82, 2.24) is 20.2 Å². The predicted octanol–water partition coefficient (Wildman–Crippen LogP) is 3.13. The number of aromatic nitrogens is 2. The summed E-state index contributed by atoms with van der Waals surface area (Å²) >= 11 is 1.62. The molecule has 0 bridgehead atoms. The summed E-state index contributed by atoms with van der Waals surface area (Å²) in [5.41, 5.74) is 0.467. The van der Waals surface area contributed by atoms with E-state index < -0.39 is 0 Å². The van der Waals surface area contributed by atoms with Gasteiger partial charge in [-0.25, -0.2) is 4.98 Å². The van der Waals surface area contributed by atoms with Crippen LogP contribution in [0.5, 0.6) is 0 Å². The first-order valence-electron chi connectivity index (χ1n) is 9.13. The summed E-state index contributed by atoms with van der Waals surface area (Å²) in [4.78, 5) is 23.9. The minimum absolute atomic E-state index is 0.0310. The van der Waals surface area contributed by atoms with Gasteiger partial charge in [0.15, 0.2) is 0 Å². The molecule has 1 saturated carbocycles. The normalized spacial score (nSPS) is 22.5. The molecule has 3 heterocycles. The van der Waals surface area contributed by atoms with Gasteiger partial charge in [0, 0.05) is 30.9 Å². The molecule has 25 heavy (non-hydrogen) atoms. The number of amides is 1. The number of piperidine rings is 1. The van der Waals surface area contributed by atoms with Gasteiger partial charge in [0.25, 0.3) is 5.91 Å². The van der Waals surface area contributed by atoms with Crippen molar-refractivity contribution in [3.63, 3.8) is 0 Å². The Bertz CT molecular complexity index is 687. The fraction of sp³-hybridized carbons (Fsp3) is 0.526. The summed E-state index contributed by atoms with van der Waals surface area (Å²) in [6.07, 6.45) is 8.57. The van der Waals surface area contributed by atoms with Gasteiger partial charge in [0.1, 0.15) is 10.7 Å². The minimum Gasteiger partial charge on any atom is -0.341 e. The van der Waals surface area contributed by atoms with Crippen LogP contribution in [0.25, 0.3) is 0 Å². The molecule has 1 amide bonds. The lowest BCUT2D eigenvalue weighted by atomic mass is 9.90. The first-order valence-corrected chi connectivity index (χ1v) is 10.0. The van der Waals surface area contributed by atoms with E-state index >= 15 is 0 Å². The van der Waals surface area contributed by atoms with Crippen LogP contribution in [0.4, 0.5) is 0 Å². The molecule has 1 aliphatic heterocycles. The summed E-state index contributed by atoms with van der Waals surface area (Å²) in [7, 11) is 0. The summed E-state index contributed by atoms with van der Waals surface area (Å²) < 4.78 is 0. The van der Waals surface area contributed by atoms with Crippen molar-refractivity contribution in [1.29, 1.82) is 0 Å². The van der Waals surface area contributed by atoms with E-state index in [1.54, 1.807) is 23.6 Å². The number of likely N-dealkylation sites (tertiary alicyclic amines) is 1. The maximum Gasteiger partial charge on any atom is 0.270 e. The lowest BCUT2D eigenvalue weighted by Crippen LogP contribution is -2.43. The van der Waals surface area contributed by atoms with Crippen molar-refractivity contribution in [3.05, 3.63) is 46.7 Å². The highest BCUT2D eigenvalue weighted by Gasteiger charge is 2.33. The number of hydrogen-bond acceptors (Lipinski definition) is 5. The van der Waals surface area contributed by atoms with Crippen molar-refractivity contribution < 1.29 is 4.79 Å². The van der Waals surface area contributed by atoms with Crippen LogP contribution in [0.2, 0.25) is 0 Å². The molecule has 0 radical (unpaired) electrons. The van der Waals surface area contributed by atoms with E-state index in [-0.39, 0.29) is 11.9 Å². The van der Waals surface area contributed by atoms with E-state index in [1.165, 1.54) is 32.4 Å². The molecular formula is C19H24N4OS. The third-order valence-corrected chi connectivity index (χ3v) is 5.99. The number of carbonyl (C=O) groups is 1. The molecule has 2 fully saturated rings. The van der Waals surface area contributed by atoms with E-state index in [4.69, 9.17) is 0 Å². The van der Waals surface area contributed by atoms with Gasteiger partial charge in [-0.15, -0.1) is 11.3 Å². The van der Waals surface area contributed by atoms with Crippen LogP contribution in [-0.4, -0.2) is 40.4 Å². The van der Waals surface area contributed by atoms with Crippen molar-refractivity contribution in [2.75, 3.05) is 19.6 Å². The molecule has 2 atom stereocenters. The largest absolute Gasteiger partial charge is 0.341 e. The fourth-order valence-corrected chi connectivity index (χ4v) is 4.46. The molecule has 2 aliphatic rings. The average Bonchev–Trinajstić information content (AvgIpc) is 3.30. The first-order chi connectivity index (χ1) is 12.3. The summed E-state index contributed by atoms with van der Waals surface area (Å²) in [5, 5.41) is 6.20. The van der Waals surface area contributed by atoms with Gasteiger partial charge < -0.3 is 10.2 Å². The molecule has 0 aromatic carbocycles. The summed E-state index contributed by atoms with van der Waals surface area (Å²) in [6.45, 7) is 3.45. The topological polar surface area (TPSA) is 58.1 Å². The van der Waals surface area contributed by atoms with Gasteiger partial charge in [0.2, 0.25) is 0 Å². The molecule has 1 aliphatic carbocycles. The van der Waals surface area contributed by atoms with Crippen LogP contribution >= 0.6 is 11.3 Å². The van der Waals surface area contributed by atoms with E-state index in [9.17, 15) is 4.79 Å². The van der Waals surface area contributed by atoms with Crippen molar-refractivity contribution in [2.45, 2.75) is 31.7 Å². The Balaban J connectivity index is 1.49. The van der Waals surface area contributed by atoms with Crippen LogP contribution in [-0.2, 0) is 0 Å². The Labute approximate surface area is 152 Å². The zero-order valence-corrected chi connectivity index (χ0v) is 15.1. The second kappa shape index (κ2) is 7.62. The molecule has 2 aromatic heterocycles. The molecule has 1 saturated heterocycles. The quantitative estimate of drug-likeness (QED) is 0.864. The van der Waals surface area contributed by atoms with Gasteiger partial charge in [-0.3, -0.25) is 9.78 Å². The Morgan fingerprint density at radius 2 is 2.20 bits per heavy atom. The van der Waals surface area contributed by atoms with Crippen LogP contribution in [0.15, 0.2) is 36.0 Å². The predicted molar refractivity (Wildman–Crippen MR) is 98.4 cm³/mol. The van der Waals surface area contributed by atoms with E-state index in [1.807, 2.05) is 23.7 Å². The van der Waals surface area contributed by atoms with Gasteiger partial charge >= 0.3 is 0 Å². The van der Waals surface area contributed by atoms with Crippen molar-refractivity contribution in [3.8, 4) is 0 Å². The van der Waals surface area contributed by atoms with Crippen molar-refractivity contribution in [2.24, 2.45) is 11.8 Å². The molecule has 0 spiro atoms. The Morgan fingerprint density at radius 1 is 1.28 bits per heavy atom. The molecule has 132 valence electrons. The van der Waals surface area contributed by atoms with Gasteiger partial charge in [-0.1, -0.05) is 6.07 Å². The van der Waals surface area contributed by atoms with E-state index in [2.05, 4.69) is 20.2 Å². The summed E-state index contributed by atoms with van der Waals surface area (Å²) in [6, 6.07) is 5.40. The lowest BCUT2D eigenvalue weighted by molar-refractivity contribution is 0.0875. The number of rotatable bonds is 6. The van der Waals surface area contributed by atoms with E-state index in [0.29, 0.717) is 11.6 Å². The molecule has 2 aromatic rings. The van der Waals surface area contributed by atoms with E-state index in [0.717, 1.165) is 23.9 Å². The molecular weight excluding hydrogens is 332 g/mol. The van der Waals surface area contributed by atoms with Crippen LogP contribution in [0.3, 0.4) is 0 Å². The number of carbonyl (C=O) groups excluding carboxylic acids is 1. The lowest BCUT2D eigenvalue weighted by Gasteiger charge is -2.36. The van der Waals surface area contributed by atoms with Gasteiger partial charge in [-0.05, 0) is 56.2 Å². The Morgan fingerprint density at radius 3 is 2.92 bits per heavy atom. The number of nitrogens with one attached hydrogen (secondary N) is 1. The minimum atomic E-state index is -0.111. The second-order valence-corrected chi connectivity index (χ2v) is 8.07. The molecule has 0 unspecified atom stereocenters. The number of thiazole rings is 1. The highest BCUT2D eigenvalue weighted by molar-refractivity contribution is 7.09. The third-order valence-electron chi connectivity index (χ3n) is 5.13. The molecule has 6 heteroatoms. The van der Waals surface area contributed by atoms with Gasteiger partial charge in [0.05, 0.1) is 6.04 Å². The monoisotopic (exact) mass is 356 g/mol. The van der Waals surface area contributed by atoms with Crippen molar-refractivity contribution >= 4 is 17.2 Å². The highest BCUT2D eigenvalue weighted by atomic mass is 32.1. The smallest absolute Gasteiger partial charge is 0.270 e. The number of nitrogens with zero attached hydrogens (tertiary/aromatic N) is 3. The fourth-order valence-electron chi connectivity index (χ4n) is 3.68. The average molecular weight is 356 g/mol.